The van der Waals surface area contributed by atoms with Gasteiger partial charge in [0, 0.05) is 25.5 Å². The zero-order chi connectivity index (χ0) is 21.1. The van der Waals surface area contributed by atoms with Gasteiger partial charge in [-0.2, -0.15) is 0 Å². The number of nitrogens with zero attached hydrogens (tertiary/aromatic N) is 3. The summed E-state index contributed by atoms with van der Waals surface area (Å²) in [5, 5.41) is 11.0. The normalized spacial score (nSPS) is 18.2. The predicted octanol–water partition coefficient (Wildman–Crippen LogP) is 3.00. The molecule has 3 heterocycles. The molecule has 1 aromatic carbocycles. The minimum absolute atomic E-state index is 0.0120. The number of aryl methyl sites for hydroxylation is 1. The van der Waals surface area contributed by atoms with Crippen LogP contribution >= 0.6 is 0 Å². The number of furan rings is 1. The topological polar surface area (TPSA) is 97.8 Å². The first-order chi connectivity index (χ1) is 14.6. The number of aliphatic hydroxyl groups excluding tert-OH is 1. The molecule has 1 N–H and O–H groups in total. The van der Waals surface area contributed by atoms with Gasteiger partial charge in [-0.25, -0.2) is 4.98 Å². The van der Waals surface area contributed by atoms with E-state index in [9.17, 15) is 14.7 Å². The SMILES string of the molecule is COc1ccccc1/C(O)=C1\C(=O)C(=O)N(CCCn2ccnc2)C1c1ccco1. The fourth-order valence-electron chi connectivity index (χ4n) is 3.68. The van der Waals surface area contributed by atoms with E-state index in [2.05, 4.69) is 4.98 Å². The van der Waals surface area contributed by atoms with Gasteiger partial charge in [0.1, 0.15) is 23.3 Å². The van der Waals surface area contributed by atoms with E-state index in [0.29, 0.717) is 36.6 Å². The van der Waals surface area contributed by atoms with E-state index in [4.69, 9.17) is 9.15 Å². The van der Waals surface area contributed by atoms with E-state index in [0.717, 1.165) is 0 Å². The van der Waals surface area contributed by atoms with Crippen LogP contribution in [0.3, 0.4) is 0 Å². The Morgan fingerprint density at radius 2 is 2.03 bits per heavy atom. The summed E-state index contributed by atoms with van der Waals surface area (Å²) in [7, 11) is 1.48. The lowest BCUT2D eigenvalue weighted by Gasteiger charge is -2.23. The smallest absolute Gasteiger partial charge is 0.295 e. The molecule has 1 atom stereocenters. The monoisotopic (exact) mass is 407 g/mol. The van der Waals surface area contributed by atoms with E-state index in [-0.39, 0.29) is 11.3 Å². The number of imidazole rings is 1. The second kappa shape index (κ2) is 8.28. The third kappa shape index (κ3) is 3.47. The van der Waals surface area contributed by atoms with Crippen LogP contribution < -0.4 is 4.74 Å². The van der Waals surface area contributed by atoms with E-state index >= 15 is 0 Å². The van der Waals surface area contributed by atoms with Crippen LogP contribution in [0.25, 0.3) is 5.76 Å². The van der Waals surface area contributed by atoms with Gasteiger partial charge in [-0.1, -0.05) is 12.1 Å². The second-order valence-corrected chi connectivity index (χ2v) is 6.86. The Morgan fingerprint density at radius 3 is 2.73 bits per heavy atom. The lowest BCUT2D eigenvalue weighted by molar-refractivity contribution is -0.140. The minimum Gasteiger partial charge on any atom is -0.507 e. The van der Waals surface area contributed by atoms with Crippen LogP contribution in [0, 0.1) is 0 Å². The average molecular weight is 407 g/mol. The van der Waals surface area contributed by atoms with Gasteiger partial charge in [0.15, 0.2) is 0 Å². The highest BCUT2D eigenvalue weighted by Crippen LogP contribution is 2.41. The predicted molar refractivity (Wildman–Crippen MR) is 108 cm³/mol. The number of benzene rings is 1. The maximum Gasteiger partial charge on any atom is 0.295 e. The van der Waals surface area contributed by atoms with Crippen LogP contribution in [0.4, 0.5) is 0 Å². The summed E-state index contributed by atoms with van der Waals surface area (Å²) in [5.41, 5.74) is 0.329. The molecule has 154 valence electrons. The van der Waals surface area contributed by atoms with Crippen molar-refractivity contribution in [2.24, 2.45) is 0 Å². The van der Waals surface area contributed by atoms with Crippen LogP contribution in [0.1, 0.15) is 23.8 Å². The van der Waals surface area contributed by atoms with Gasteiger partial charge in [0.05, 0.1) is 30.8 Å². The summed E-state index contributed by atoms with van der Waals surface area (Å²) in [6.07, 6.45) is 7.29. The lowest BCUT2D eigenvalue weighted by Crippen LogP contribution is -2.31. The Kier molecular flexibility index (Phi) is 5.38. The Balaban J connectivity index is 1.72. The standard InChI is InChI=1S/C22H21N3O5/c1-29-16-7-3-2-6-15(16)20(26)18-19(17-8-4-13-30-17)25(22(28)21(18)27)11-5-10-24-12-9-23-14-24/h2-4,6-9,12-14,19,26H,5,10-11H2,1H3/b20-18+. The molecule has 8 heteroatoms. The number of aromatic nitrogens is 2. The minimum atomic E-state index is -0.812. The molecule has 4 rings (SSSR count). The fraction of sp³-hybridized carbons (Fsp3) is 0.227. The van der Waals surface area contributed by atoms with Gasteiger partial charge in [-0.05, 0) is 30.7 Å². The van der Waals surface area contributed by atoms with Gasteiger partial charge in [-0.15, -0.1) is 0 Å². The van der Waals surface area contributed by atoms with Crippen LogP contribution in [0.5, 0.6) is 5.75 Å². The van der Waals surface area contributed by atoms with Crippen molar-refractivity contribution >= 4 is 17.4 Å². The molecule has 0 saturated carbocycles. The number of hydrogen-bond donors (Lipinski definition) is 1. The van der Waals surface area contributed by atoms with Gasteiger partial charge in [0.25, 0.3) is 11.7 Å². The number of methoxy groups -OCH3 is 1. The fourth-order valence-corrected chi connectivity index (χ4v) is 3.68. The van der Waals surface area contributed by atoms with Gasteiger partial charge in [-0.3, -0.25) is 9.59 Å². The molecule has 1 fully saturated rings. The Morgan fingerprint density at radius 1 is 1.20 bits per heavy atom. The maximum atomic E-state index is 12.9. The molecule has 1 aliphatic heterocycles. The Hall–Kier alpha value is -3.81. The Labute approximate surface area is 173 Å². The average Bonchev–Trinajstić information content (AvgIpc) is 3.52. The van der Waals surface area contributed by atoms with Gasteiger partial charge in [0.2, 0.25) is 0 Å². The zero-order valence-electron chi connectivity index (χ0n) is 16.4. The lowest BCUT2D eigenvalue weighted by atomic mass is 9.99. The summed E-state index contributed by atoms with van der Waals surface area (Å²) in [5.74, 6) is -0.891. The second-order valence-electron chi connectivity index (χ2n) is 6.86. The molecule has 8 nitrogen and oxygen atoms in total. The number of rotatable bonds is 7. The number of carbonyl (C=O) groups is 2. The van der Waals surface area contributed by atoms with Gasteiger partial charge >= 0.3 is 0 Å². The molecule has 1 unspecified atom stereocenters. The number of amides is 1. The van der Waals surface area contributed by atoms with E-state index in [1.807, 2.05) is 10.8 Å². The van der Waals surface area contributed by atoms with Crippen molar-refractivity contribution in [1.29, 1.82) is 0 Å². The highest BCUT2D eigenvalue weighted by molar-refractivity contribution is 6.46. The first-order valence-corrected chi connectivity index (χ1v) is 9.52. The summed E-state index contributed by atoms with van der Waals surface area (Å²) in [6.45, 7) is 0.956. The van der Waals surface area contributed by atoms with Crippen molar-refractivity contribution in [3.63, 3.8) is 0 Å². The van der Waals surface area contributed by atoms with E-state index in [1.165, 1.54) is 18.3 Å². The molecule has 0 aliphatic carbocycles. The molecular weight excluding hydrogens is 386 g/mol. The quantitative estimate of drug-likeness (QED) is 0.367. The van der Waals surface area contributed by atoms with Crippen molar-refractivity contribution in [2.75, 3.05) is 13.7 Å². The van der Waals surface area contributed by atoms with Gasteiger partial charge < -0.3 is 23.7 Å². The van der Waals surface area contributed by atoms with Crippen molar-refractivity contribution in [3.8, 4) is 5.75 Å². The van der Waals surface area contributed by atoms with Crippen LogP contribution in [0.2, 0.25) is 0 Å². The van der Waals surface area contributed by atoms with Crippen molar-refractivity contribution < 1.29 is 23.8 Å². The summed E-state index contributed by atoms with van der Waals surface area (Å²) in [4.78, 5) is 31.2. The highest BCUT2D eigenvalue weighted by Gasteiger charge is 2.47. The number of Topliss-reactive ketones (excluding diaryl/α,β-unsaturated/α-hetero) is 1. The summed E-state index contributed by atoms with van der Waals surface area (Å²) in [6, 6.07) is 9.36. The number of aliphatic hydroxyl groups is 1. The van der Waals surface area contributed by atoms with Crippen LogP contribution in [-0.2, 0) is 16.1 Å². The molecule has 0 bridgehead atoms. The zero-order valence-corrected chi connectivity index (χ0v) is 16.4. The summed E-state index contributed by atoms with van der Waals surface area (Å²) >= 11 is 0. The number of ketones is 1. The molecule has 1 saturated heterocycles. The molecular formula is C22H21N3O5. The molecule has 2 aromatic heterocycles. The first-order valence-electron chi connectivity index (χ1n) is 9.52. The molecule has 1 amide bonds. The highest BCUT2D eigenvalue weighted by atomic mass is 16.5. The number of carbonyl (C=O) groups excluding carboxylic acids is 2. The number of ether oxygens (including phenoxy) is 1. The third-order valence-electron chi connectivity index (χ3n) is 5.09. The molecule has 1 aliphatic rings. The van der Waals surface area contributed by atoms with Crippen molar-refractivity contribution in [3.05, 3.63) is 78.3 Å². The van der Waals surface area contributed by atoms with Crippen molar-refractivity contribution in [1.82, 2.24) is 14.5 Å². The van der Waals surface area contributed by atoms with Crippen LogP contribution in [0.15, 0.2) is 71.4 Å². The molecule has 0 spiro atoms. The molecule has 30 heavy (non-hydrogen) atoms. The molecule has 3 aromatic rings. The maximum absolute atomic E-state index is 12.9. The summed E-state index contributed by atoms with van der Waals surface area (Å²) < 4.78 is 12.7. The van der Waals surface area contributed by atoms with E-state index < -0.39 is 17.7 Å². The number of likely N-dealkylation sites (tertiary alicyclic amines) is 1. The Bertz CT molecular complexity index is 1070. The largest absolute Gasteiger partial charge is 0.507 e. The third-order valence-corrected chi connectivity index (χ3v) is 5.09. The first kappa shape index (κ1) is 19.5. The molecule has 0 radical (unpaired) electrons. The number of hydrogen-bond acceptors (Lipinski definition) is 6. The van der Waals surface area contributed by atoms with Crippen LogP contribution in [-0.4, -0.2) is 44.9 Å². The number of para-hydroxylation sites is 1. The van der Waals surface area contributed by atoms with Crippen molar-refractivity contribution in [2.45, 2.75) is 19.0 Å². The van der Waals surface area contributed by atoms with E-state index in [1.54, 1.807) is 48.9 Å².